The maximum atomic E-state index is 12.6. The van der Waals surface area contributed by atoms with Crippen molar-refractivity contribution in [2.75, 3.05) is 19.6 Å². The van der Waals surface area contributed by atoms with Crippen molar-refractivity contribution in [2.45, 2.75) is 109 Å². The first kappa shape index (κ1) is 19.2. The third-order valence-corrected chi connectivity index (χ3v) is 7.09. The van der Waals surface area contributed by atoms with Crippen molar-refractivity contribution in [3.63, 3.8) is 0 Å². The molecule has 0 atom stereocenters. The number of carbonyl (C=O) groups is 1. The van der Waals surface area contributed by atoms with Crippen LogP contribution in [0.25, 0.3) is 0 Å². The van der Waals surface area contributed by atoms with Crippen molar-refractivity contribution in [3.05, 3.63) is 0 Å². The second kappa shape index (κ2) is 9.94. The fraction of sp³-hybridized carbons (Fsp3) is 0.955. The maximum absolute atomic E-state index is 12.6. The monoisotopic (exact) mass is 348 g/mol. The van der Waals surface area contributed by atoms with Crippen molar-refractivity contribution in [1.82, 2.24) is 9.80 Å². The second-order valence-electron chi connectivity index (χ2n) is 8.81. The summed E-state index contributed by atoms with van der Waals surface area (Å²) in [5.74, 6) is 1.40. The molecule has 0 aromatic rings. The van der Waals surface area contributed by atoms with Crippen LogP contribution >= 0.6 is 0 Å². The van der Waals surface area contributed by atoms with Crippen molar-refractivity contribution >= 4 is 5.91 Å². The van der Waals surface area contributed by atoms with E-state index in [9.17, 15) is 4.79 Å². The first-order chi connectivity index (χ1) is 12.3. The largest absolute Gasteiger partial charge is 0.337 e. The Morgan fingerprint density at radius 1 is 0.840 bits per heavy atom. The summed E-state index contributed by atoms with van der Waals surface area (Å²) in [6.45, 7) is 5.75. The van der Waals surface area contributed by atoms with Gasteiger partial charge in [-0.1, -0.05) is 58.3 Å². The van der Waals surface area contributed by atoms with Gasteiger partial charge >= 0.3 is 0 Å². The molecule has 144 valence electrons. The average molecular weight is 349 g/mol. The third-order valence-electron chi connectivity index (χ3n) is 7.09. The molecule has 0 unspecified atom stereocenters. The Morgan fingerprint density at radius 3 is 2.00 bits per heavy atom. The van der Waals surface area contributed by atoms with Gasteiger partial charge in [0.15, 0.2) is 0 Å². The zero-order valence-electron chi connectivity index (χ0n) is 16.6. The Kier molecular flexibility index (Phi) is 7.64. The van der Waals surface area contributed by atoms with Gasteiger partial charge in [-0.25, -0.2) is 0 Å². The molecular weight excluding hydrogens is 308 g/mol. The van der Waals surface area contributed by atoms with Gasteiger partial charge in [0.25, 0.3) is 0 Å². The van der Waals surface area contributed by atoms with Crippen LogP contribution in [-0.2, 0) is 4.79 Å². The maximum Gasteiger partial charge on any atom is 0.222 e. The Balaban J connectivity index is 1.46. The van der Waals surface area contributed by atoms with E-state index >= 15 is 0 Å². The lowest BCUT2D eigenvalue weighted by molar-refractivity contribution is -0.138. The summed E-state index contributed by atoms with van der Waals surface area (Å²) in [6.07, 6.45) is 18.3. The summed E-state index contributed by atoms with van der Waals surface area (Å²) in [4.78, 5) is 17.7. The fourth-order valence-electron chi connectivity index (χ4n) is 5.51. The minimum Gasteiger partial charge on any atom is -0.337 e. The number of nitrogens with zero attached hydrogens (tertiary/aromatic N) is 2. The number of likely N-dealkylation sites (tertiary alicyclic amines) is 1. The number of carbonyl (C=O) groups excluding carboxylic acids is 1. The molecule has 3 rings (SSSR count). The highest BCUT2D eigenvalue weighted by molar-refractivity contribution is 5.76. The third kappa shape index (κ3) is 5.45. The van der Waals surface area contributed by atoms with Crippen LogP contribution in [-0.4, -0.2) is 47.4 Å². The molecule has 3 aliphatic rings. The van der Waals surface area contributed by atoms with E-state index in [-0.39, 0.29) is 0 Å². The van der Waals surface area contributed by atoms with Crippen molar-refractivity contribution in [3.8, 4) is 0 Å². The molecule has 0 N–H and O–H groups in total. The number of amides is 1. The molecule has 1 amide bonds. The van der Waals surface area contributed by atoms with Crippen LogP contribution in [0.1, 0.15) is 96.8 Å². The molecule has 0 bridgehead atoms. The van der Waals surface area contributed by atoms with Crippen LogP contribution in [0.4, 0.5) is 0 Å². The lowest BCUT2D eigenvalue weighted by atomic mass is 9.86. The van der Waals surface area contributed by atoms with Crippen molar-refractivity contribution in [2.24, 2.45) is 5.92 Å². The van der Waals surface area contributed by atoms with Gasteiger partial charge in [0.05, 0.1) is 0 Å². The number of hydrogen-bond acceptors (Lipinski definition) is 2. The fourth-order valence-corrected chi connectivity index (χ4v) is 5.51. The molecule has 3 fully saturated rings. The van der Waals surface area contributed by atoms with E-state index in [0.29, 0.717) is 24.4 Å². The summed E-state index contributed by atoms with van der Waals surface area (Å²) >= 11 is 0. The van der Waals surface area contributed by atoms with E-state index in [2.05, 4.69) is 9.80 Å². The number of rotatable bonds is 6. The molecule has 0 radical (unpaired) electrons. The van der Waals surface area contributed by atoms with Crippen LogP contribution in [0.15, 0.2) is 0 Å². The lowest BCUT2D eigenvalue weighted by Gasteiger charge is -2.44. The highest BCUT2D eigenvalue weighted by atomic mass is 16.2. The van der Waals surface area contributed by atoms with Gasteiger partial charge in [0, 0.05) is 31.6 Å². The van der Waals surface area contributed by atoms with Crippen LogP contribution in [0.2, 0.25) is 0 Å². The van der Waals surface area contributed by atoms with Crippen molar-refractivity contribution in [1.29, 1.82) is 0 Å². The molecule has 25 heavy (non-hydrogen) atoms. The predicted molar refractivity (Wildman–Crippen MR) is 105 cm³/mol. The Morgan fingerprint density at radius 2 is 1.40 bits per heavy atom. The highest BCUT2D eigenvalue weighted by Gasteiger charge is 2.33. The molecule has 3 heteroatoms. The van der Waals surface area contributed by atoms with E-state index in [1.807, 2.05) is 6.92 Å². The SMILES string of the molecule is CCC(=O)N(C1CCCCC1)C1CCN(CCC2CCCCC2)CC1. The van der Waals surface area contributed by atoms with E-state index in [1.165, 1.54) is 103 Å². The summed E-state index contributed by atoms with van der Waals surface area (Å²) in [6, 6.07) is 1.06. The van der Waals surface area contributed by atoms with Gasteiger partial charge in [-0.05, 0) is 44.6 Å². The Hall–Kier alpha value is -0.570. The van der Waals surface area contributed by atoms with Gasteiger partial charge in [-0.15, -0.1) is 0 Å². The van der Waals surface area contributed by atoms with Crippen molar-refractivity contribution < 1.29 is 4.79 Å². The average Bonchev–Trinajstić information content (AvgIpc) is 2.69. The van der Waals surface area contributed by atoms with E-state index in [0.717, 1.165) is 5.92 Å². The van der Waals surface area contributed by atoms with Crippen LogP contribution < -0.4 is 0 Å². The van der Waals surface area contributed by atoms with E-state index < -0.39 is 0 Å². The molecular formula is C22H40N2O. The molecule has 2 saturated carbocycles. The minimum atomic E-state index is 0.410. The van der Waals surface area contributed by atoms with Gasteiger partial charge in [0.2, 0.25) is 5.91 Å². The van der Waals surface area contributed by atoms with Gasteiger partial charge < -0.3 is 9.80 Å². The predicted octanol–water partition coefficient (Wildman–Crippen LogP) is 4.99. The molecule has 0 aromatic heterocycles. The lowest BCUT2D eigenvalue weighted by Crippen LogP contribution is -2.52. The molecule has 1 aliphatic heterocycles. The topological polar surface area (TPSA) is 23.6 Å². The van der Waals surface area contributed by atoms with Crippen LogP contribution in [0, 0.1) is 5.92 Å². The van der Waals surface area contributed by atoms with Gasteiger partial charge in [-0.2, -0.15) is 0 Å². The van der Waals surface area contributed by atoms with Gasteiger partial charge in [0.1, 0.15) is 0 Å². The van der Waals surface area contributed by atoms with E-state index in [4.69, 9.17) is 0 Å². The first-order valence-corrected chi connectivity index (χ1v) is 11.3. The van der Waals surface area contributed by atoms with E-state index in [1.54, 1.807) is 0 Å². The summed E-state index contributed by atoms with van der Waals surface area (Å²) < 4.78 is 0. The minimum absolute atomic E-state index is 0.410. The second-order valence-corrected chi connectivity index (χ2v) is 8.81. The summed E-state index contributed by atoms with van der Waals surface area (Å²) in [7, 11) is 0. The normalized spacial score (nSPS) is 25.2. The Labute approximate surface area is 155 Å². The first-order valence-electron chi connectivity index (χ1n) is 11.3. The molecule has 1 heterocycles. The zero-order chi connectivity index (χ0) is 17.5. The zero-order valence-corrected chi connectivity index (χ0v) is 16.6. The quantitative estimate of drug-likeness (QED) is 0.675. The molecule has 2 aliphatic carbocycles. The summed E-state index contributed by atoms with van der Waals surface area (Å²) in [5, 5.41) is 0. The molecule has 3 nitrogen and oxygen atoms in total. The molecule has 0 aromatic carbocycles. The standard InChI is InChI=1S/C22H40N2O/c1-2-22(25)24(20-11-7-4-8-12-20)21-14-17-23(18-15-21)16-13-19-9-5-3-6-10-19/h19-21H,2-18H2,1H3. The highest BCUT2D eigenvalue weighted by Crippen LogP contribution is 2.30. The summed E-state index contributed by atoms with van der Waals surface area (Å²) in [5.41, 5.74) is 0. The van der Waals surface area contributed by atoms with Crippen LogP contribution in [0.5, 0.6) is 0 Å². The van der Waals surface area contributed by atoms with Gasteiger partial charge in [-0.3, -0.25) is 4.79 Å². The number of hydrogen-bond donors (Lipinski definition) is 0. The molecule has 0 spiro atoms. The smallest absolute Gasteiger partial charge is 0.222 e. The van der Waals surface area contributed by atoms with Crippen LogP contribution in [0.3, 0.4) is 0 Å². The molecule has 1 saturated heterocycles. The number of piperidine rings is 1. The Bertz CT molecular complexity index is 391.